The number of alkyl halides is 3. The first-order valence-corrected chi connectivity index (χ1v) is 8.70. The van der Waals surface area contributed by atoms with Gasteiger partial charge in [-0.05, 0) is 29.6 Å². The molecule has 0 fully saturated rings. The van der Waals surface area contributed by atoms with Gasteiger partial charge >= 0.3 is 6.18 Å². The fourth-order valence-electron chi connectivity index (χ4n) is 2.17. The van der Waals surface area contributed by atoms with Crippen LogP contribution >= 0.6 is 11.3 Å². The summed E-state index contributed by atoms with van der Waals surface area (Å²) in [6, 6.07) is 4.68. The summed E-state index contributed by atoms with van der Waals surface area (Å²) in [4.78, 5) is 34.7. The summed E-state index contributed by atoms with van der Waals surface area (Å²) >= 11 is 1.35. The zero-order chi connectivity index (χ0) is 20.0. The van der Waals surface area contributed by atoms with Crippen LogP contribution in [0.4, 0.5) is 24.5 Å². The van der Waals surface area contributed by atoms with Crippen LogP contribution in [0.3, 0.4) is 0 Å². The van der Waals surface area contributed by atoms with Gasteiger partial charge in [-0.3, -0.25) is 14.4 Å². The van der Waals surface area contributed by atoms with E-state index in [1.165, 1.54) is 24.3 Å². The highest BCUT2D eigenvalue weighted by Crippen LogP contribution is 2.36. The van der Waals surface area contributed by atoms with Crippen molar-refractivity contribution in [1.82, 2.24) is 5.32 Å². The van der Waals surface area contributed by atoms with E-state index in [0.717, 1.165) is 12.1 Å². The monoisotopic (exact) mass is 399 g/mol. The lowest BCUT2D eigenvalue weighted by Crippen LogP contribution is -2.27. The van der Waals surface area contributed by atoms with Gasteiger partial charge in [-0.25, -0.2) is 0 Å². The molecular formula is C17H16F3N3O3S. The Bertz CT molecular complexity index is 836. The smallest absolute Gasteiger partial charge is 0.351 e. The highest BCUT2D eigenvalue weighted by Gasteiger charge is 2.34. The summed E-state index contributed by atoms with van der Waals surface area (Å²) < 4.78 is 39.6. The zero-order valence-electron chi connectivity index (χ0n) is 14.1. The molecule has 6 nitrogen and oxygen atoms in total. The van der Waals surface area contributed by atoms with Crippen LogP contribution in [-0.2, 0) is 15.8 Å². The number of carbonyl (C=O) groups is 3. The lowest BCUT2D eigenvalue weighted by molar-refractivity contribution is -0.137. The van der Waals surface area contributed by atoms with Crippen molar-refractivity contribution in [2.75, 3.05) is 17.2 Å². The van der Waals surface area contributed by atoms with Gasteiger partial charge in [0.25, 0.3) is 5.91 Å². The van der Waals surface area contributed by atoms with Gasteiger partial charge in [-0.15, -0.1) is 0 Å². The topological polar surface area (TPSA) is 87.3 Å². The highest BCUT2D eigenvalue weighted by molar-refractivity contribution is 7.08. The fraction of sp³-hybridized carbons (Fsp3) is 0.235. The second kappa shape index (κ2) is 8.67. The van der Waals surface area contributed by atoms with Crippen LogP contribution in [0.2, 0.25) is 0 Å². The summed E-state index contributed by atoms with van der Waals surface area (Å²) in [7, 11) is 0. The van der Waals surface area contributed by atoms with E-state index in [4.69, 9.17) is 0 Å². The molecule has 3 amide bonds. The average molecular weight is 399 g/mol. The van der Waals surface area contributed by atoms with Crippen LogP contribution in [0.15, 0.2) is 35.0 Å². The number of benzene rings is 1. The van der Waals surface area contributed by atoms with Gasteiger partial charge in [0.1, 0.15) is 0 Å². The van der Waals surface area contributed by atoms with Gasteiger partial charge in [0, 0.05) is 36.5 Å². The molecule has 0 unspecified atom stereocenters. The number of nitrogens with one attached hydrogen (secondary N) is 3. The predicted octanol–water partition coefficient (Wildman–Crippen LogP) is 3.48. The van der Waals surface area contributed by atoms with Crippen LogP contribution in [0.5, 0.6) is 0 Å². The van der Waals surface area contributed by atoms with Crippen molar-refractivity contribution in [3.05, 3.63) is 46.2 Å². The van der Waals surface area contributed by atoms with Crippen molar-refractivity contribution in [2.24, 2.45) is 0 Å². The van der Waals surface area contributed by atoms with Gasteiger partial charge < -0.3 is 16.0 Å². The van der Waals surface area contributed by atoms with Crippen LogP contribution in [-0.4, -0.2) is 24.3 Å². The third kappa shape index (κ3) is 6.10. The SMILES string of the molecule is CC(=O)Nc1ccc(NC(=O)CCNC(=O)c2ccsc2)c(C(F)(F)F)c1. The molecule has 10 heteroatoms. The summed E-state index contributed by atoms with van der Waals surface area (Å²) in [5.41, 5.74) is -1.08. The highest BCUT2D eigenvalue weighted by atomic mass is 32.1. The standard InChI is InChI=1S/C17H16F3N3O3S/c1-10(24)22-12-2-3-14(13(8-12)17(18,19)20)23-15(25)4-6-21-16(26)11-5-7-27-9-11/h2-3,5,7-9H,4,6H2,1H3,(H,21,26)(H,22,24)(H,23,25). The Morgan fingerprint density at radius 1 is 1.11 bits per heavy atom. The minimum absolute atomic E-state index is 0.0220. The van der Waals surface area contributed by atoms with Crippen molar-refractivity contribution in [1.29, 1.82) is 0 Å². The number of halogens is 3. The molecule has 27 heavy (non-hydrogen) atoms. The van der Waals surface area contributed by atoms with Crippen molar-refractivity contribution < 1.29 is 27.6 Å². The first-order valence-electron chi connectivity index (χ1n) is 7.76. The molecule has 1 heterocycles. The normalized spacial score (nSPS) is 11.0. The van der Waals surface area contributed by atoms with E-state index in [2.05, 4.69) is 16.0 Å². The van der Waals surface area contributed by atoms with Crippen LogP contribution in [0, 0.1) is 0 Å². The Morgan fingerprint density at radius 2 is 1.85 bits per heavy atom. The Balaban J connectivity index is 1.99. The van der Waals surface area contributed by atoms with Crippen LogP contribution < -0.4 is 16.0 Å². The van der Waals surface area contributed by atoms with E-state index in [1.807, 2.05) is 0 Å². The second-order valence-corrected chi connectivity index (χ2v) is 6.29. The Hall–Kier alpha value is -2.88. The van der Waals surface area contributed by atoms with Gasteiger partial charge in [0.05, 0.1) is 11.3 Å². The molecule has 0 spiro atoms. The number of carbonyl (C=O) groups excluding carboxylic acids is 3. The van der Waals surface area contributed by atoms with Crippen molar-refractivity contribution in [3.63, 3.8) is 0 Å². The molecule has 0 radical (unpaired) electrons. The van der Waals surface area contributed by atoms with E-state index in [-0.39, 0.29) is 24.6 Å². The molecule has 2 aromatic rings. The number of hydrogen-bond acceptors (Lipinski definition) is 4. The molecule has 1 aromatic heterocycles. The molecular weight excluding hydrogens is 383 g/mol. The molecule has 1 aromatic carbocycles. The summed E-state index contributed by atoms with van der Waals surface area (Å²) in [5, 5.41) is 10.3. The second-order valence-electron chi connectivity index (χ2n) is 5.51. The van der Waals surface area contributed by atoms with Gasteiger partial charge in [0.15, 0.2) is 0 Å². The minimum Gasteiger partial charge on any atom is -0.351 e. The van der Waals surface area contributed by atoms with Gasteiger partial charge in [-0.1, -0.05) is 0 Å². The maximum absolute atomic E-state index is 13.2. The summed E-state index contributed by atoms with van der Waals surface area (Å²) in [6.45, 7) is 1.15. The van der Waals surface area contributed by atoms with Crippen molar-refractivity contribution >= 4 is 40.4 Å². The summed E-state index contributed by atoms with van der Waals surface area (Å²) in [6.07, 6.45) is -4.91. The molecule has 0 bridgehead atoms. The molecule has 0 atom stereocenters. The molecule has 0 saturated carbocycles. The van der Waals surface area contributed by atoms with E-state index in [1.54, 1.807) is 16.8 Å². The van der Waals surface area contributed by atoms with E-state index in [0.29, 0.717) is 5.56 Å². The van der Waals surface area contributed by atoms with Gasteiger partial charge in [-0.2, -0.15) is 24.5 Å². The molecule has 0 saturated heterocycles. The number of hydrogen-bond donors (Lipinski definition) is 3. The Kier molecular flexibility index (Phi) is 6.56. The van der Waals surface area contributed by atoms with Gasteiger partial charge in [0.2, 0.25) is 11.8 Å². The molecule has 2 rings (SSSR count). The Labute approximate surface area is 156 Å². The lowest BCUT2D eigenvalue weighted by Gasteiger charge is -2.15. The molecule has 0 aliphatic carbocycles. The average Bonchev–Trinajstić information content (AvgIpc) is 3.09. The molecule has 3 N–H and O–H groups in total. The molecule has 144 valence electrons. The minimum atomic E-state index is -4.72. The fourth-order valence-corrected chi connectivity index (χ4v) is 2.80. The van der Waals surface area contributed by atoms with Crippen molar-refractivity contribution in [3.8, 4) is 0 Å². The lowest BCUT2D eigenvalue weighted by atomic mass is 10.1. The third-order valence-electron chi connectivity index (χ3n) is 3.34. The number of anilines is 2. The zero-order valence-corrected chi connectivity index (χ0v) is 15.0. The quantitative estimate of drug-likeness (QED) is 0.695. The molecule has 0 aliphatic rings. The largest absolute Gasteiger partial charge is 0.418 e. The van der Waals surface area contributed by atoms with E-state index in [9.17, 15) is 27.6 Å². The number of amides is 3. The first kappa shape index (κ1) is 20.4. The van der Waals surface area contributed by atoms with Crippen molar-refractivity contribution in [2.45, 2.75) is 19.5 Å². The van der Waals surface area contributed by atoms with Crippen LogP contribution in [0.25, 0.3) is 0 Å². The molecule has 0 aliphatic heterocycles. The van der Waals surface area contributed by atoms with Crippen LogP contribution in [0.1, 0.15) is 29.3 Å². The maximum Gasteiger partial charge on any atom is 0.418 e. The Morgan fingerprint density at radius 3 is 2.44 bits per heavy atom. The summed E-state index contributed by atoms with van der Waals surface area (Å²) in [5.74, 6) is -1.56. The maximum atomic E-state index is 13.2. The van der Waals surface area contributed by atoms with E-state index >= 15 is 0 Å². The first-order chi connectivity index (χ1) is 12.7. The predicted molar refractivity (Wildman–Crippen MR) is 95.6 cm³/mol. The number of thiophene rings is 1. The number of rotatable bonds is 6. The van der Waals surface area contributed by atoms with E-state index < -0.39 is 29.2 Å². The third-order valence-corrected chi connectivity index (χ3v) is 4.02.